The molecular formula is C23H24N2O7. The fraction of sp³-hybridized carbons (Fsp3) is 0.435. The van der Waals surface area contributed by atoms with Gasteiger partial charge in [0.05, 0.1) is 9.85 Å². The molecule has 0 unspecified atom stereocenters. The predicted octanol–water partition coefficient (Wildman–Crippen LogP) is 6.11. The zero-order valence-corrected chi connectivity index (χ0v) is 17.9. The molecule has 2 aliphatic rings. The zero-order chi connectivity index (χ0) is 23.0. The SMILES string of the molecule is C[C@@H](c1cc([N+](=O)[O-])ccc1OC(=O)Oc1ccc([N+](=O)[O-])cc1[C@H](C)C1CC1)C1CC1. The van der Waals surface area contributed by atoms with Gasteiger partial charge in [-0.2, -0.15) is 0 Å². The van der Waals surface area contributed by atoms with E-state index in [0.29, 0.717) is 23.0 Å². The number of carbonyl (C=O) groups excluding carboxylic acids is 1. The number of carbonyl (C=O) groups is 1. The molecule has 0 saturated heterocycles. The third-order valence-electron chi connectivity index (χ3n) is 6.43. The van der Waals surface area contributed by atoms with Crippen molar-refractivity contribution in [3.05, 3.63) is 67.8 Å². The van der Waals surface area contributed by atoms with Gasteiger partial charge in [-0.3, -0.25) is 20.2 Å². The number of nitro benzene ring substituents is 2. The summed E-state index contributed by atoms with van der Waals surface area (Å²) in [7, 11) is 0. The Kier molecular flexibility index (Phi) is 5.82. The van der Waals surface area contributed by atoms with Gasteiger partial charge in [0.2, 0.25) is 0 Å². The van der Waals surface area contributed by atoms with Gasteiger partial charge >= 0.3 is 6.16 Å². The van der Waals surface area contributed by atoms with E-state index in [4.69, 9.17) is 9.47 Å². The van der Waals surface area contributed by atoms with E-state index in [1.54, 1.807) is 0 Å². The molecule has 2 aromatic carbocycles. The summed E-state index contributed by atoms with van der Waals surface area (Å²) in [6.45, 7) is 3.92. The summed E-state index contributed by atoms with van der Waals surface area (Å²) in [4.78, 5) is 34.1. The number of ether oxygens (including phenoxy) is 2. The van der Waals surface area contributed by atoms with Crippen LogP contribution in [0.1, 0.15) is 62.5 Å². The Morgan fingerprint density at radius 3 is 1.50 bits per heavy atom. The van der Waals surface area contributed by atoms with Gasteiger partial charge in [0.1, 0.15) is 11.5 Å². The monoisotopic (exact) mass is 440 g/mol. The highest BCUT2D eigenvalue weighted by atomic mass is 16.7. The Balaban J connectivity index is 1.57. The van der Waals surface area contributed by atoms with Crippen molar-refractivity contribution >= 4 is 17.5 Å². The van der Waals surface area contributed by atoms with Gasteiger partial charge in [-0.25, -0.2) is 4.79 Å². The normalized spacial score (nSPS) is 17.3. The van der Waals surface area contributed by atoms with Gasteiger partial charge < -0.3 is 9.47 Å². The van der Waals surface area contributed by atoms with Gasteiger partial charge in [-0.15, -0.1) is 0 Å². The van der Waals surface area contributed by atoms with E-state index >= 15 is 0 Å². The van der Waals surface area contributed by atoms with Crippen LogP contribution in [0.4, 0.5) is 16.2 Å². The summed E-state index contributed by atoms with van der Waals surface area (Å²) in [5.74, 6) is 1.24. The van der Waals surface area contributed by atoms with Crippen LogP contribution in [-0.2, 0) is 0 Å². The molecule has 32 heavy (non-hydrogen) atoms. The van der Waals surface area contributed by atoms with Gasteiger partial charge in [0.15, 0.2) is 0 Å². The molecule has 9 nitrogen and oxygen atoms in total. The quantitative estimate of drug-likeness (QED) is 0.210. The fourth-order valence-corrected chi connectivity index (χ4v) is 4.10. The lowest BCUT2D eigenvalue weighted by Crippen LogP contribution is -2.17. The number of nitro groups is 2. The van der Waals surface area contributed by atoms with Crippen LogP contribution in [0.3, 0.4) is 0 Å². The van der Waals surface area contributed by atoms with Crippen LogP contribution in [0.25, 0.3) is 0 Å². The lowest BCUT2D eigenvalue weighted by Gasteiger charge is -2.17. The first-order chi connectivity index (χ1) is 15.2. The van der Waals surface area contributed by atoms with Crippen molar-refractivity contribution < 1.29 is 24.1 Å². The van der Waals surface area contributed by atoms with Crippen molar-refractivity contribution in [3.63, 3.8) is 0 Å². The van der Waals surface area contributed by atoms with Crippen LogP contribution >= 0.6 is 0 Å². The predicted molar refractivity (Wildman–Crippen MR) is 115 cm³/mol. The molecule has 0 heterocycles. The molecule has 9 heteroatoms. The van der Waals surface area contributed by atoms with E-state index in [2.05, 4.69) is 0 Å². The Bertz CT molecular complexity index is 993. The number of non-ortho nitro benzene ring substituents is 2. The fourth-order valence-electron chi connectivity index (χ4n) is 4.10. The Labute approximate surface area is 184 Å². The maximum Gasteiger partial charge on any atom is 0.519 e. The largest absolute Gasteiger partial charge is 0.519 e. The second kappa shape index (κ2) is 8.57. The van der Waals surface area contributed by atoms with Crippen molar-refractivity contribution in [1.82, 2.24) is 0 Å². The third kappa shape index (κ3) is 4.71. The lowest BCUT2D eigenvalue weighted by molar-refractivity contribution is -0.385. The smallest absolute Gasteiger partial charge is 0.394 e. The molecular weight excluding hydrogens is 416 g/mol. The molecule has 2 aliphatic carbocycles. The Morgan fingerprint density at radius 1 is 0.812 bits per heavy atom. The maximum atomic E-state index is 12.6. The van der Waals surface area contributed by atoms with E-state index in [1.165, 1.54) is 36.4 Å². The molecule has 2 atom stereocenters. The zero-order valence-electron chi connectivity index (χ0n) is 17.9. The van der Waals surface area contributed by atoms with Gasteiger partial charge in [-0.05, 0) is 61.5 Å². The van der Waals surface area contributed by atoms with Gasteiger partial charge in [0.25, 0.3) is 11.4 Å². The first-order valence-electron chi connectivity index (χ1n) is 10.7. The van der Waals surface area contributed by atoms with E-state index < -0.39 is 16.0 Å². The number of benzene rings is 2. The maximum absolute atomic E-state index is 12.6. The topological polar surface area (TPSA) is 122 Å². The number of nitrogens with zero attached hydrogens (tertiary/aromatic N) is 2. The average Bonchev–Trinajstić information content (AvgIpc) is 3.65. The highest BCUT2D eigenvalue weighted by Gasteiger charge is 2.34. The minimum atomic E-state index is -0.985. The van der Waals surface area contributed by atoms with Crippen molar-refractivity contribution in [2.24, 2.45) is 11.8 Å². The summed E-state index contributed by atoms with van der Waals surface area (Å²) in [6, 6.07) is 8.29. The highest BCUT2D eigenvalue weighted by molar-refractivity contribution is 5.69. The third-order valence-corrected chi connectivity index (χ3v) is 6.43. The van der Waals surface area contributed by atoms with Crippen LogP contribution in [0, 0.1) is 32.1 Å². The van der Waals surface area contributed by atoms with Crippen LogP contribution in [0.2, 0.25) is 0 Å². The molecule has 2 saturated carbocycles. The van der Waals surface area contributed by atoms with Gasteiger partial charge in [0, 0.05) is 35.4 Å². The molecule has 0 bridgehead atoms. The summed E-state index contributed by atoms with van der Waals surface area (Å²) in [6.07, 6.45) is 3.12. The molecule has 0 N–H and O–H groups in total. The summed E-state index contributed by atoms with van der Waals surface area (Å²) in [5, 5.41) is 22.4. The van der Waals surface area contributed by atoms with Crippen molar-refractivity contribution in [2.75, 3.05) is 0 Å². The average molecular weight is 440 g/mol. The van der Waals surface area contributed by atoms with E-state index in [9.17, 15) is 25.0 Å². The Morgan fingerprint density at radius 2 is 1.19 bits per heavy atom. The molecule has 0 amide bonds. The van der Waals surface area contributed by atoms with Gasteiger partial charge in [-0.1, -0.05) is 13.8 Å². The minimum absolute atomic E-state index is 0.00234. The first kappa shape index (κ1) is 21.7. The summed E-state index contributed by atoms with van der Waals surface area (Å²) >= 11 is 0. The molecule has 4 rings (SSSR count). The molecule has 168 valence electrons. The standard InChI is InChI=1S/C23H24N2O7/c1-13(15-3-4-15)19-11-17(24(27)28)7-9-21(19)31-23(26)32-22-10-8-18(25(29)30)12-20(22)14(2)16-5-6-16/h7-16H,3-6H2,1-2H3/t13-,14-/m1/s1. The first-order valence-corrected chi connectivity index (χ1v) is 10.7. The van der Waals surface area contributed by atoms with Crippen LogP contribution in [0.15, 0.2) is 36.4 Å². The second-order valence-electron chi connectivity index (χ2n) is 8.66. The highest BCUT2D eigenvalue weighted by Crippen LogP contribution is 2.47. The number of rotatable bonds is 8. The van der Waals surface area contributed by atoms with E-state index in [1.807, 2.05) is 13.8 Å². The molecule has 0 spiro atoms. The Hall–Kier alpha value is -3.49. The number of hydrogen-bond acceptors (Lipinski definition) is 7. The number of hydrogen-bond donors (Lipinski definition) is 0. The van der Waals surface area contributed by atoms with Crippen molar-refractivity contribution in [1.29, 1.82) is 0 Å². The second-order valence-corrected chi connectivity index (χ2v) is 8.66. The lowest BCUT2D eigenvalue weighted by atomic mass is 9.95. The van der Waals surface area contributed by atoms with Crippen LogP contribution < -0.4 is 9.47 Å². The van der Waals surface area contributed by atoms with Crippen molar-refractivity contribution in [3.8, 4) is 11.5 Å². The van der Waals surface area contributed by atoms with E-state index in [0.717, 1.165) is 25.7 Å². The molecule has 2 fully saturated rings. The van der Waals surface area contributed by atoms with Crippen LogP contribution in [-0.4, -0.2) is 16.0 Å². The summed E-state index contributed by atoms with van der Waals surface area (Å²) < 4.78 is 10.9. The summed E-state index contributed by atoms with van der Waals surface area (Å²) in [5.41, 5.74) is 1.05. The van der Waals surface area contributed by atoms with Crippen molar-refractivity contribution in [2.45, 2.75) is 51.4 Å². The molecule has 0 radical (unpaired) electrons. The molecule has 2 aromatic rings. The molecule has 0 aromatic heterocycles. The van der Waals surface area contributed by atoms with E-state index in [-0.39, 0.29) is 34.7 Å². The van der Waals surface area contributed by atoms with Crippen LogP contribution in [0.5, 0.6) is 11.5 Å². The molecule has 0 aliphatic heterocycles. The minimum Gasteiger partial charge on any atom is -0.394 e.